The molecule has 0 aliphatic heterocycles. The van der Waals surface area contributed by atoms with E-state index in [1.807, 2.05) is 0 Å². The highest BCUT2D eigenvalue weighted by atomic mass is 32.2. The van der Waals surface area contributed by atoms with E-state index in [0.29, 0.717) is 0 Å². The summed E-state index contributed by atoms with van der Waals surface area (Å²) in [5.74, 6) is -4.51. The summed E-state index contributed by atoms with van der Waals surface area (Å²) in [6, 6.07) is 4.20. The van der Waals surface area contributed by atoms with E-state index in [9.17, 15) is 34.8 Å². The molecule has 2 aromatic carbocycles. The summed E-state index contributed by atoms with van der Waals surface area (Å²) in [4.78, 5) is -0.554. The lowest BCUT2D eigenvalue weighted by Gasteiger charge is -2.10. The average molecular weight is 298 g/mol. The molecule has 0 atom stereocenters. The number of hydrogen-bond acceptors (Lipinski definition) is 7. The zero-order chi connectivity index (χ0) is 15.0. The highest BCUT2D eigenvalue weighted by Gasteiger charge is 2.22. The van der Waals surface area contributed by atoms with Crippen molar-refractivity contribution in [2.24, 2.45) is 0 Å². The molecular weight excluding hydrogens is 288 g/mol. The maximum Gasteiger partial charge on any atom is 0.201 e. The molecule has 106 valence electrons. The van der Waals surface area contributed by atoms with Crippen molar-refractivity contribution in [3.63, 3.8) is 0 Å². The van der Waals surface area contributed by atoms with E-state index >= 15 is 0 Å². The highest BCUT2D eigenvalue weighted by Crippen LogP contribution is 2.44. The Morgan fingerprint density at radius 2 is 0.950 bits per heavy atom. The third-order valence-electron chi connectivity index (χ3n) is 2.59. The van der Waals surface area contributed by atoms with E-state index in [4.69, 9.17) is 0 Å². The van der Waals surface area contributed by atoms with Gasteiger partial charge in [-0.3, -0.25) is 0 Å². The zero-order valence-corrected chi connectivity index (χ0v) is 10.6. The minimum absolute atomic E-state index is 0.277. The summed E-state index contributed by atoms with van der Waals surface area (Å²) in [6.45, 7) is 0. The van der Waals surface area contributed by atoms with Crippen LogP contribution in [-0.2, 0) is 10.8 Å². The SMILES string of the molecule is O=S(c1ccc(O)c(O)c1O)c1ccc(O)c(O)c1O. The standard InChI is InChI=1S/C12H10O7S/c13-5-1-3-7(11(17)9(5)15)20(19)8-4-2-6(14)10(16)12(8)18/h1-4,13-18H. The summed E-state index contributed by atoms with van der Waals surface area (Å²) in [5.41, 5.74) is 0. The lowest BCUT2D eigenvalue weighted by Crippen LogP contribution is -1.94. The number of benzene rings is 2. The first-order valence-corrected chi connectivity index (χ1v) is 6.39. The van der Waals surface area contributed by atoms with Crippen LogP contribution in [0.25, 0.3) is 0 Å². The van der Waals surface area contributed by atoms with Crippen molar-refractivity contribution in [1.29, 1.82) is 0 Å². The molecule has 0 saturated heterocycles. The molecule has 0 unspecified atom stereocenters. The molecule has 0 heterocycles. The van der Waals surface area contributed by atoms with Crippen LogP contribution >= 0.6 is 0 Å². The minimum atomic E-state index is -2.15. The fraction of sp³-hybridized carbons (Fsp3) is 0. The molecule has 8 heteroatoms. The number of phenols is 6. The van der Waals surface area contributed by atoms with Gasteiger partial charge in [-0.15, -0.1) is 0 Å². The van der Waals surface area contributed by atoms with Crippen molar-refractivity contribution < 1.29 is 34.8 Å². The normalized spacial score (nSPS) is 10.8. The topological polar surface area (TPSA) is 138 Å². The molecule has 7 nitrogen and oxygen atoms in total. The van der Waals surface area contributed by atoms with Crippen LogP contribution in [0, 0.1) is 0 Å². The molecule has 0 spiro atoms. The molecule has 2 rings (SSSR count). The Morgan fingerprint density at radius 1 is 0.600 bits per heavy atom. The van der Waals surface area contributed by atoms with Gasteiger partial charge in [0.15, 0.2) is 23.0 Å². The Morgan fingerprint density at radius 3 is 1.30 bits per heavy atom. The van der Waals surface area contributed by atoms with Gasteiger partial charge < -0.3 is 30.6 Å². The van der Waals surface area contributed by atoms with E-state index in [1.165, 1.54) is 0 Å². The fourth-order valence-corrected chi connectivity index (χ4v) is 2.68. The molecule has 0 fully saturated rings. The van der Waals surface area contributed by atoms with Gasteiger partial charge in [0, 0.05) is 0 Å². The average Bonchev–Trinajstić information content (AvgIpc) is 2.42. The third-order valence-corrected chi connectivity index (χ3v) is 4.04. The monoisotopic (exact) mass is 298 g/mol. The van der Waals surface area contributed by atoms with Gasteiger partial charge in [-0.1, -0.05) is 0 Å². The number of aromatic hydroxyl groups is 6. The first kappa shape index (κ1) is 13.8. The molecule has 2 aromatic rings. The van der Waals surface area contributed by atoms with E-state index in [0.717, 1.165) is 24.3 Å². The number of hydrogen-bond donors (Lipinski definition) is 6. The van der Waals surface area contributed by atoms with Gasteiger partial charge >= 0.3 is 0 Å². The van der Waals surface area contributed by atoms with E-state index < -0.39 is 45.3 Å². The van der Waals surface area contributed by atoms with E-state index in [1.54, 1.807) is 0 Å². The molecule has 0 bridgehead atoms. The largest absolute Gasteiger partial charge is 0.504 e. The van der Waals surface area contributed by atoms with Crippen molar-refractivity contribution in [3.05, 3.63) is 24.3 Å². The fourth-order valence-electron chi connectivity index (χ4n) is 1.52. The van der Waals surface area contributed by atoms with Crippen LogP contribution < -0.4 is 0 Å². The second-order valence-electron chi connectivity index (χ2n) is 3.83. The Labute approximate surface area is 115 Å². The molecule has 0 aromatic heterocycles. The van der Waals surface area contributed by atoms with Crippen LogP contribution in [0.3, 0.4) is 0 Å². The predicted molar refractivity (Wildman–Crippen MR) is 67.5 cm³/mol. The summed E-state index contributed by atoms with van der Waals surface area (Å²) in [5, 5.41) is 56.3. The quantitative estimate of drug-likeness (QED) is 0.456. The second kappa shape index (κ2) is 4.82. The van der Waals surface area contributed by atoms with E-state index in [-0.39, 0.29) is 9.79 Å². The van der Waals surface area contributed by atoms with Gasteiger partial charge in [-0.2, -0.15) is 0 Å². The van der Waals surface area contributed by atoms with Crippen LogP contribution in [0.4, 0.5) is 0 Å². The van der Waals surface area contributed by atoms with Crippen LogP contribution in [0.1, 0.15) is 0 Å². The smallest absolute Gasteiger partial charge is 0.201 e. The highest BCUT2D eigenvalue weighted by molar-refractivity contribution is 7.85. The molecule has 6 N–H and O–H groups in total. The predicted octanol–water partition coefficient (Wildman–Crippen LogP) is 1.09. The molecule has 0 amide bonds. The summed E-state index contributed by atoms with van der Waals surface area (Å²) in [6.07, 6.45) is 0. The molecule has 20 heavy (non-hydrogen) atoms. The Kier molecular flexibility index (Phi) is 3.33. The first-order chi connectivity index (χ1) is 9.34. The third kappa shape index (κ3) is 2.05. The van der Waals surface area contributed by atoms with Gasteiger partial charge in [0.05, 0.1) is 20.6 Å². The molecular formula is C12H10O7S. The summed E-state index contributed by atoms with van der Waals surface area (Å²) >= 11 is 0. The minimum Gasteiger partial charge on any atom is -0.504 e. The first-order valence-electron chi connectivity index (χ1n) is 5.24. The Hall–Kier alpha value is -2.61. The van der Waals surface area contributed by atoms with Crippen LogP contribution in [-0.4, -0.2) is 34.8 Å². The summed E-state index contributed by atoms with van der Waals surface area (Å²) in [7, 11) is -2.15. The number of phenolic OH excluding ortho intramolecular Hbond substituents is 6. The van der Waals surface area contributed by atoms with Gasteiger partial charge in [0.2, 0.25) is 11.5 Å². The molecule has 0 saturated carbocycles. The molecule has 0 aliphatic carbocycles. The lowest BCUT2D eigenvalue weighted by molar-refractivity contribution is 0.359. The van der Waals surface area contributed by atoms with Gasteiger partial charge in [-0.25, -0.2) is 4.21 Å². The lowest BCUT2D eigenvalue weighted by atomic mass is 10.3. The van der Waals surface area contributed by atoms with Crippen LogP contribution in [0.15, 0.2) is 34.1 Å². The van der Waals surface area contributed by atoms with Crippen LogP contribution in [0.5, 0.6) is 34.5 Å². The van der Waals surface area contributed by atoms with Crippen molar-refractivity contribution in [2.75, 3.05) is 0 Å². The van der Waals surface area contributed by atoms with Crippen molar-refractivity contribution in [1.82, 2.24) is 0 Å². The van der Waals surface area contributed by atoms with Crippen molar-refractivity contribution in [2.45, 2.75) is 9.79 Å². The molecule has 0 radical (unpaired) electrons. The Bertz CT molecular complexity index is 652. The maximum atomic E-state index is 12.2. The van der Waals surface area contributed by atoms with Crippen molar-refractivity contribution >= 4 is 10.8 Å². The van der Waals surface area contributed by atoms with Gasteiger partial charge in [-0.05, 0) is 24.3 Å². The summed E-state index contributed by atoms with van der Waals surface area (Å²) < 4.78 is 12.2. The number of rotatable bonds is 2. The van der Waals surface area contributed by atoms with Crippen LogP contribution in [0.2, 0.25) is 0 Å². The second-order valence-corrected chi connectivity index (χ2v) is 5.25. The van der Waals surface area contributed by atoms with Gasteiger partial charge in [0.1, 0.15) is 0 Å². The van der Waals surface area contributed by atoms with Crippen molar-refractivity contribution in [3.8, 4) is 34.5 Å². The van der Waals surface area contributed by atoms with Gasteiger partial charge in [0.25, 0.3) is 0 Å². The zero-order valence-electron chi connectivity index (χ0n) is 9.81. The maximum absolute atomic E-state index is 12.2. The Balaban J connectivity index is 2.58. The molecule has 0 aliphatic rings. The van der Waals surface area contributed by atoms with E-state index in [2.05, 4.69) is 0 Å².